The van der Waals surface area contributed by atoms with Crippen molar-refractivity contribution in [3.63, 3.8) is 0 Å². The molecular weight excluding hydrogens is 228 g/mol. The van der Waals surface area contributed by atoms with Crippen molar-refractivity contribution in [2.24, 2.45) is 5.73 Å². The molecule has 1 atom stereocenters. The van der Waals surface area contributed by atoms with Crippen molar-refractivity contribution in [2.75, 3.05) is 5.32 Å². The molecule has 0 aromatic heterocycles. The van der Waals surface area contributed by atoms with E-state index in [2.05, 4.69) is 5.32 Å². The molecule has 1 aromatic rings. The third-order valence-corrected chi connectivity index (χ3v) is 3.09. The van der Waals surface area contributed by atoms with E-state index in [4.69, 9.17) is 10.5 Å². The number of rotatable bonds is 3. The number of nitrogens with two attached hydrogens (primary N) is 1. The predicted octanol–water partition coefficient (Wildman–Crippen LogP) is 2.08. The van der Waals surface area contributed by atoms with Crippen LogP contribution in [-0.2, 0) is 11.2 Å². The van der Waals surface area contributed by atoms with E-state index in [1.165, 1.54) is 5.56 Å². The van der Waals surface area contributed by atoms with E-state index in [1.54, 1.807) is 13.8 Å². The summed E-state index contributed by atoms with van der Waals surface area (Å²) < 4.78 is 5.74. The van der Waals surface area contributed by atoms with Crippen molar-refractivity contribution < 1.29 is 9.53 Å². The van der Waals surface area contributed by atoms with Gasteiger partial charge in [0.05, 0.1) is 5.69 Å². The van der Waals surface area contributed by atoms with Crippen LogP contribution in [0.3, 0.4) is 0 Å². The summed E-state index contributed by atoms with van der Waals surface area (Å²) in [6.45, 7) is 5.53. The summed E-state index contributed by atoms with van der Waals surface area (Å²) in [4.78, 5) is 11.7. The first kappa shape index (κ1) is 12.9. The number of carbonyl (C=O) groups excluding carboxylic acids is 1. The predicted molar refractivity (Wildman–Crippen MR) is 71.7 cm³/mol. The highest BCUT2D eigenvalue weighted by molar-refractivity contribution is 6.00. The summed E-state index contributed by atoms with van der Waals surface area (Å²) >= 11 is 0. The molecule has 0 saturated carbocycles. The average Bonchev–Trinajstić information content (AvgIpc) is 2.27. The number of hydrogen-bond acceptors (Lipinski definition) is 3. The summed E-state index contributed by atoms with van der Waals surface area (Å²) in [5.74, 6) is 0.625. The van der Waals surface area contributed by atoms with Crippen molar-refractivity contribution in [1.29, 1.82) is 0 Å². The lowest BCUT2D eigenvalue weighted by atomic mass is 10.0. The van der Waals surface area contributed by atoms with Gasteiger partial charge in [0.25, 0.3) is 5.91 Å². The topological polar surface area (TPSA) is 64.3 Å². The minimum atomic E-state index is -0.813. The van der Waals surface area contributed by atoms with Crippen LogP contribution in [0.1, 0.15) is 32.8 Å². The van der Waals surface area contributed by atoms with Gasteiger partial charge in [-0.15, -0.1) is 0 Å². The molecule has 1 aromatic carbocycles. The second-order valence-corrected chi connectivity index (χ2v) is 5.41. The number of anilines is 1. The van der Waals surface area contributed by atoms with Crippen LogP contribution in [0.2, 0.25) is 0 Å². The summed E-state index contributed by atoms with van der Waals surface area (Å²) in [6.07, 6.45) is 1.86. The van der Waals surface area contributed by atoms with Gasteiger partial charge < -0.3 is 15.8 Å². The third kappa shape index (κ3) is 2.64. The number of ether oxygens (including phenoxy) is 1. The smallest absolute Gasteiger partial charge is 0.268 e. The van der Waals surface area contributed by atoms with Gasteiger partial charge in [0.15, 0.2) is 5.60 Å². The van der Waals surface area contributed by atoms with Crippen molar-refractivity contribution in [3.8, 4) is 5.75 Å². The van der Waals surface area contributed by atoms with Gasteiger partial charge in [0.1, 0.15) is 5.75 Å². The lowest BCUT2D eigenvalue weighted by Crippen LogP contribution is -2.45. The molecule has 4 heteroatoms. The average molecular weight is 248 g/mol. The minimum absolute atomic E-state index is 0.113. The highest BCUT2D eigenvalue weighted by Crippen LogP contribution is 2.34. The highest BCUT2D eigenvalue weighted by Gasteiger charge is 2.35. The Labute approximate surface area is 108 Å². The van der Waals surface area contributed by atoms with Crippen molar-refractivity contribution >= 4 is 11.6 Å². The number of aryl methyl sites for hydroxylation is 1. The summed E-state index contributed by atoms with van der Waals surface area (Å²) in [6, 6.07) is 6.07. The van der Waals surface area contributed by atoms with Gasteiger partial charge in [-0.2, -0.15) is 0 Å². The highest BCUT2D eigenvalue weighted by atomic mass is 16.5. The van der Waals surface area contributed by atoms with Gasteiger partial charge in [0, 0.05) is 6.04 Å². The molecular formula is C14H20N2O2. The third-order valence-electron chi connectivity index (χ3n) is 3.09. The quantitative estimate of drug-likeness (QED) is 0.860. The van der Waals surface area contributed by atoms with Crippen LogP contribution in [-0.4, -0.2) is 17.6 Å². The maximum atomic E-state index is 11.7. The normalized spacial score (nSPS) is 18.6. The van der Waals surface area contributed by atoms with Crippen molar-refractivity contribution in [1.82, 2.24) is 0 Å². The number of nitrogens with one attached hydrogen (secondary N) is 1. The molecule has 1 aliphatic rings. The number of benzene rings is 1. The van der Waals surface area contributed by atoms with Gasteiger partial charge >= 0.3 is 0 Å². The summed E-state index contributed by atoms with van der Waals surface area (Å²) in [5.41, 5.74) is 6.86. The van der Waals surface area contributed by atoms with Crippen molar-refractivity contribution in [2.45, 2.75) is 45.3 Å². The molecule has 1 aliphatic heterocycles. The molecule has 0 aliphatic carbocycles. The van der Waals surface area contributed by atoms with Crippen LogP contribution < -0.4 is 15.8 Å². The van der Waals surface area contributed by atoms with Crippen molar-refractivity contribution in [3.05, 3.63) is 23.8 Å². The van der Waals surface area contributed by atoms with Gasteiger partial charge in [-0.1, -0.05) is 6.07 Å². The Morgan fingerprint density at radius 3 is 2.83 bits per heavy atom. The Kier molecular flexibility index (Phi) is 3.30. The first-order chi connectivity index (χ1) is 8.38. The second kappa shape index (κ2) is 4.61. The van der Waals surface area contributed by atoms with E-state index in [0.717, 1.165) is 24.3 Å². The van der Waals surface area contributed by atoms with E-state index in [9.17, 15) is 4.79 Å². The largest absolute Gasteiger partial charge is 0.476 e. The first-order valence-corrected chi connectivity index (χ1v) is 6.27. The van der Waals surface area contributed by atoms with Crippen LogP contribution in [0.5, 0.6) is 5.75 Å². The minimum Gasteiger partial charge on any atom is -0.476 e. The fraction of sp³-hybridized carbons (Fsp3) is 0.500. The number of carbonyl (C=O) groups is 1. The second-order valence-electron chi connectivity index (χ2n) is 5.41. The van der Waals surface area contributed by atoms with Gasteiger partial charge in [-0.25, -0.2) is 0 Å². The molecule has 0 fully saturated rings. The molecule has 1 unspecified atom stereocenters. The van der Waals surface area contributed by atoms with E-state index in [0.29, 0.717) is 0 Å². The molecule has 4 nitrogen and oxygen atoms in total. The fourth-order valence-corrected chi connectivity index (χ4v) is 1.90. The van der Waals surface area contributed by atoms with Gasteiger partial charge in [-0.3, -0.25) is 4.79 Å². The maximum absolute atomic E-state index is 11.7. The summed E-state index contributed by atoms with van der Waals surface area (Å²) in [7, 11) is 0. The van der Waals surface area contributed by atoms with Gasteiger partial charge in [-0.05, 0) is 51.3 Å². The zero-order chi connectivity index (χ0) is 13.3. The Balaban J connectivity index is 2.20. The maximum Gasteiger partial charge on any atom is 0.268 e. The molecule has 1 amide bonds. The van der Waals surface area contributed by atoms with Crippen LogP contribution in [0.15, 0.2) is 18.2 Å². The zero-order valence-corrected chi connectivity index (χ0v) is 11.1. The zero-order valence-electron chi connectivity index (χ0n) is 11.1. The van der Waals surface area contributed by atoms with E-state index < -0.39 is 5.60 Å². The fourth-order valence-electron chi connectivity index (χ4n) is 1.90. The lowest BCUT2D eigenvalue weighted by Gasteiger charge is -2.31. The van der Waals surface area contributed by atoms with Crippen LogP contribution in [0.4, 0.5) is 5.69 Å². The van der Waals surface area contributed by atoms with Crippen LogP contribution in [0.25, 0.3) is 0 Å². The molecule has 1 heterocycles. The Morgan fingerprint density at radius 1 is 1.44 bits per heavy atom. The van der Waals surface area contributed by atoms with Crippen LogP contribution in [0, 0.1) is 0 Å². The molecule has 0 saturated heterocycles. The molecule has 0 spiro atoms. The Hall–Kier alpha value is -1.55. The first-order valence-electron chi connectivity index (χ1n) is 6.27. The van der Waals surface area contributed by atoms with E-state index in [-0.39, 0.29) is 11.9 Å². The molecule has 2 rings (SSSR count). The SMILES string of the molecule is CC(N)CCc1ccc2c(c1)OC(C)(C)C(=O)N2. The molecule has 0 radical (unpaired) electrons. The molecule has 0 bridgehead atoms. The standard InChI is InChI=1S/C14H20N2O2/c1-9(15)4-5-10-6-7-11-12(8-10)18-14(2,3)13(17)16-11/h6-9H,4-5,15H2,1-3H3,(H,16,17). The summed E-state index contributed by atoms with van der Waals surface area (Å²) in [5, 5.41) is 2.85. The number of hydrogen-bond donors (Lipinski definition) is 2. The molecule has 98 valence electrons. The van der Waals surface area contributed by atoms with E-state index in [1.807, 2.05) is 25.1 Å². The van der Waals surface area contributed by atoms with Crippen LogP contribution >= 0.6 is 0 Å². The monoisotopic (exact) mass is 248 g/mol. The number of fused-ring (bicyclic) bond motifs is 1. The lowest BCUT2D eigenvalue weighted by molar-refractivity contribution is -0.129. The van der Waals surface area contributed by atoms with Gasteiger partial charge in [0.2, 0.25) is 0 Å². The van der Waals surface area contributed by atoms with E-state index >= 15 is 0 Å². The molecule has 18 heavy (non-hydrogen) atoms. The number of amides is 1. The Bertz CT molecular complexity index is 467. The molecule has 3 N–H and O–H groups in total. The Morgan fingerprint density at radius 2 is 2.17 bits per heavy atom.